The van der Waals surface area contributed by atoms with Gasteiger partial charge in [0, 0.05) is 31.0 Å². The summed E-state index contributed by atoms with van der Waals surface area (Å²) in [5.74, 6) is 0. The zero-order valence-corrected chi connectivity index (χ0v) is 12.2. The van der Waals surface area contributed by atoms with Crippen LogP contribution in [0.15, 0.2) is 24.5 Å². The number of nitrogens with one attached hydrogen (secondary N) is 1. The molecule has 0 spiro atoms. The molecular weight excluding hydrogens is 222 g/mol. The number of hydrogen-bond acceptors (Lipinski definition) is 3. The van der Waals surface area contributed by atoms with Gasteiger partial charge >= 0.3 is 0 Å². The van der Waals surface area contributed by atoms with E-state index in [1.54, 1.807) is 0 Å². The van der Waals surface area contributed by atoms with Crippen molar-refractivity contribution >= 4 is 0 Å². The van der Waals surface area contributed by atoms with E-state index in [4.69, 9.17) is 0 Å². The summed E-state index contributed by atoms with van der Waals surface area (Å²) in [5.41, 5.74) is 1.33. The summed E-state index contributed by atoms with van der Waals surface area (Å²) in [6.45, 7) is 8.88. The van der Waals surface area contributed by atoms with Crippen LogP contribution in [0.4, 0.5) is 0 Å². The molecule has 0 aliphatic heterocycles. The second-order valence-electron chi connectivity index (χ2n) is 5.21. The first-order valence-corrected chi connectivity index (χ1v) is 6.96. The Morgan fingerprint density at radius 2 is 1.94 bits per heavy atom. The predicted molar refractivity (Wildman–Crippen MR) is 77.5 cm³/mol. The summed E-state index contributed by atoms with van der Waals surface area (Å²) in [7, 11) is 2.19. The van der Waals surface area contributed by atoms with Gasteiger partial charge in [-0.1, -0.05) is 6.92 Å². The highest BCUT2D eigenvalue weighted by molar-refractivity contribution is 5.09. The van der Waals surface area contributed by atoms with Crippen molar-refractivity contribution in [2.45, 2.75) is 52.2 Å². The third-order valence-corrected chi connectivity index (χ3v) is 3.37. The summed E-state index contributed by atoms with van der Waals surface area (Å²) < 4.78 is 0. The zero-order valence-electron chi connectivity index (χ0n) is 12.2. The van der Waals surface area contributed by atoms with Crippen LogP contribution in [0, 0.1) is 0 Å². The molecular formula is C15H27N3. The molecule has 1 aromatic rings. The third-order valence-electron chi connectivity index (χ3n) is 3.37. The molecule has 0 amide bonds. The normalized spacial score (nSPS) is 14.7. The van der Waals surface area contributed by atoms with Gasteiger partial charge in [-0.15, -0.1) is 0 Å². The minimum absolute atomic E-state index is 0.581. The van der Waals surface area contributed by atoms with E-state index in [9.17, 15) is 0 Å². The molecule has 1 heterocycles. The van der Waals surface area contributed by atoms with E-state index in [1.165, 1.54) is 18.4 Å². The van der Waals surface area contributed by atoms with Gasteiger partial charge < -0.3 is 5.32 Å². The Labute approximate surface area is 112 Å². The van der Waals surface area contributed by atoms with E-state index in [0.29, 0.717) is 12.1 Å². The molecule has 18 heavy (non-hydrogen) atoms. The van der Waals surface area contributed by atoms with Gasteiger partial charge in [0.15, 0.2) is 0 Å². The van der Waals surface area contributed by atoms with E-state index in [1.807, 2.05) is 12.4 Å². The highest BCUT2D eigenvalue weighted by Crippen LogP contribution is 2.09. The largest absolute Gasteiger partial charge is 0.314 e. The fourth-order valence-corrected chi connectivity index (χ4v) is 2.10. The standard InChI is InChI=1S/C15H27N3/c1-5-8-17-13(2)11-14(3)18(4)12-15-6-9-16-10-7-15/h6-7,9-10,13-14,17H,5,8,11-12H2,1-4H3. The van der Waals surface area contributed by atoms with Gasteiger partial charge in [0.2, 0.25) is 0 Å². The molecule has 1 N–H and O–H groups in total. The van der Waals surface area contributed by atoms with Gasteiger partial charge in [-0.3, -0.25) is 9.88 Å². The maximum Gasteiger partial charge on any atom is 0.0271 e. The average molecular weight is 249 g/mol. The van der Waals surface area contributed by atoms with E-state index in [0.717, 1.165) is 13.1 Å². The summed E-state index contributed by atoms with van der Waals surface area (Å²) >= 11 is 0. The lowest BCUT2D eigenvalue weighted by Crippen LogP contribution is -2.36. The Kier molecular flexibility index (Phi) is 6.91. The Morgan fingerprint density at radius 3 is 2.56 bits per heavy atom. The molecule has 2 unspecified atom stereocenters. The zero-order chi connectivity index (χ0) is 13.4. The molecule has 0 aromatic carbocycles. The SMILES string of the molecule is CCCNC(C)CC(C)N(C)Cc1ccncc1. The Morgan fingerprint density at radius 1 is 1.28 bits per heavy atom. The van der Waals surface area contributed by atoms with Crippen LogP contribution in [0.1, 0.15) is 39.2 Å². The van der Waals surface area contributed by atoms with Crippen LogP contribution in [0.25, 0.3) is 0 Å². The van der Waals surface area contributed by atoms with Crippen molar-refractivity contribution in [3.05, 3.63) is 30.1 Å². The molecule has 2 atom stereocenters. The number of nitrogens with zero attached hydrogens (tertiary/aromatic N) is 2. The fourth-order valence-electron chi connectivity index (χ4n) is 2.10. The second kappa shape index (κ2) is 8.22. The number of rotatable bonds is 8. The lowest BCUT2D eigenvalue weighted by atomic mass is 10.1. The molecule has 0 bridgehead atoms. The van der Waals surface area contributed by atoms with Crippen LogP contribution in [0.2, 0.25) is 0 Å². The lowest BCUT2D eigenvalue weighted by Gasteiger charge is -2.27. The molecule has 0 radical (unpaired) electrons. The first-order chi connectivity index (χ1) is 8.63. The minimum Gasteiger partial charge on any atom is -0.314 e. The van der Waals surface area contributed by atoms with Crippen molar-refractivity contribution in [3.63, 3.8) is 0 Å². The molecule has 3 heteroatoms. The van der Waals surface area contributed by atoms with Crippen molar-refractivity contribution in [1.82, 2.24) is 15.2 Å². The Bertz CT molecular complexity index is 313. The highest BCUT2D eigenvalue weighted by Gasteiger charge is 2.13. The van der Waals surface area contributed by atoms with Gasteiger partial charge in [0.1, 0.15) is 0 Å². The number of aromatic nitrogens is 1. The van der Waals surface area contributed by atoms with Crippen molar-refractivity contribution in [3.8, 4) is 0 Å². The van der Waals surface area contributed by atoms with Crippen LogP contribution < -0.4 is 5.32 Å². The van der Waals surface area contributed by atoms with Gasteiger partial charge in [-0.2, -0.15) is 0 Å². The van der Waals surface area contributed by atoms with Gasteiger partial charge in [0.05, 0.1) is 0 Å². The monoisotopic (exact) mass is 249 g/mol. The van der Waals surface area contributed by atoms with Crippen LogP contribution >= 0.6 is 0 Å². The molecule has 0 fully saturated rings. The van der Waals surface area contributed by atoms with Crippen LogP contribution in [0.3, 0.4) is 0 Å². The van der Waals surface area contributed by atoms with E-state index < -0.39 is 0 Å². The molecule has 0 aliphatic rings. The molecule has 0 saturated carbocycles. The van der Waals surface area contributed by atoms with E-state index in [2.05, 4.69) is 55.2 Å². The minimum atomic E-state index is 0.581. The topological polar surface area (TPSA) is 28.2 Å². The predicted octanol–water partition coefficient (Wildman–Crippen LogP) is 2.68. The fraction of sp³-hybridized carbons (Fsp3) is 0.667. The molecule has 1 aromatic heterocycles. The van der Waals surface area contributed by atoms with Crippen molar-refractivity contribution < 1.29 is 0 Å². The Hall–Kier alpha value is -0.930. The highest BCUT2D eigenvalue weighted by atomic mass is 15.1. The number of hydrogen-bond donors (Lipinski definition) is 1. The number of pyridine rings is 1. The molecule has 1 rings (SSSR count). The van der Waals surface area contributed by atoms with Gasteiger partial charge in [-0.25, -0.2) is 0 Å². The summed E-state index contributed by atoms with van der Waals surface area (Å²) in [6, 6.07) is 5.33. The van der Waals surface area contributed by atoms with Crippen molar-refractivity contribution in [2.75, 3.05) is 13.6 Å². The lowest BCUT2D eigenvalue weighted by molar-refractivity contribution is 0.222. The quantitative estimate of drug-likeness (QED) is 0.768. The van der Waals surface area contributed by atoms with Gasteiger partial charge in [0.25, 0.3) is 0 Å². The van der Waals surface area contributed by atoms with Crippen molar-refractivity contribution in [2.24, 2.45) is 0 Å². The third kappa shape index (κ3) is 5.61. The maximum atomic E-state index is 4.05. The second-order valence-corrected chi connectivity index (χ2v) is 5.21. The first-order valence-electron chi connectivity index (χ1n) is 6.96. The molecule has 0 aliphatic carbocycles. The summed E-state index contributed by atoms with van der Waals surface area (Å²) in [4.78, 5) is 6.45. The van der Waals surface area contributed by atoms with Gasteiger partial charge in [-0.05, 0) is 58.0 Å². The van der Waals surface area contributed by atoms with Crippen LogP contribution in [-0.4, -0.2) is 35.6 Å². The van der Waals surface area contributed by atoms with Crippen LogP contribution in [-0.2, 0) is 6.54 Å². The van der Waals surface area contributed by atoms with E-state index in [-0.39, 0.29) is 0 Å². The van der Waals surface area contributed by atoms with Crippen LogP contribution in [0.5, 0.6) is 0 Å². The first kappa shape index (κ1) is 15.1. The molecule has 102 valence electrons. The maximum absolute atomic E-state index is 4.05. The smallest absolute Gasteiger partial charge is 0.0271 e. The Balaban J connectivity index is 2.34. The molecule has 0 saturated heterocycles. The van der Waals surface area contributed by atoms with E-state index >= 15 is 0 Å². The van der Waals surface area contributed by atoms with Crippen molar-refractivity contribution in [1.29, 1.82) is 0 Å². The average Bonchev–Trinajstić information content (AvgIpc) is 2.37. The summed E-state index contributed by atoms with van der Waals surface area (Å²) in [5, 5.41) is 3.55. The summed E-state index contributed by atoms with van der Waals surface area (Å²) in [6.07, 6.45) is 6.10. The molecule has 3 nitrogen and oxygen atoms in total.